The van der Waals surface area contributed by atoms with Crippen LogP contribution in [0.5, 0.6) is 0 Å². The fourth-order valence-corrected chi connectivity index (χ4v) is 2.32. The molecule has 4 nitrogen and oxygen atoms in total. The number of carbonyl (C=O) groups excluding carboxylic acids is 2. The minimum atomic E-state index is -0.280. The van der Waals surface area contributed by atoms with Crippen LogP contribution >= 0.6 is 0 Å². The number of amides is 2. The summed E-state index contributed by atoms with van der Waals surface area (Å²) in [5.41, 5.74) is 1.01. The molecule has 0 aromatic heterocycles. The Morgan fingerprint density at radius 2 is 2.05 bits per heavy atom. The Morgan fingerprint density at radius 1 is 1.32 bits per heavy atom. The van der Waals surface area contributed by atoms with E-state index in [-0.39, 0.29) is 17.9 Å². The second kappa shape index (κ2) is 7.97. The number of piperidine rings is 1. The van der Waals surface area contributed by atoms with Crippen molar-refractivity contribution in [2.24, 2.45) is 0 Å². The Morgan fingerprint density at radius 3 is 2.68 bits per heavy atom. The number of nitrogens with zero attached hydrogens (tertiary/aromatic N) is 1. The van der Waals surface area contributed by atoms with Crippen molar-refractivity contribution in [3.63, 3.8) is 0 Å². The van der Waals surface area contributed by atoms with Crippen molar-refractivity contribution in [1.29, 1.82) is 0 Å². The van der Waals surface area contributed by atoms with Gasteiger partial charge in [-0.25, -0.2) is 0 Å². The fraction of sp³-hybridized carbons (Fsp3) is 0.733. The second-order valence-electron chi connectivity index (χ2n) is 5.17. The molecule has 4 heteroatoms. The molecule has 1 N–H and O–H groups in total. The van der Waals surface area contributed by atoms with Crippen molar-refractivity contribution in [2.45, 2.75) is 58.4 Å². The predicted octanol–water partition coefficient (Wildman–Crippen LogP) is 2.25. The van der Waals surface area contributed by atoms with Crippen molar-refractivity contribution in [3.8, 4) is 0 Å². The summed E-state index contributed by atoms with van der Waals surface area (Å²) < 4.78 is 0. The Labute approximate surface area is 116 Å². The van der Waals surface area contributed by atoms with E-state index in [1.807, 2.05) is 13.8 Å². The summed E-state index contributed by atoms with van der Waals surface area (Å²) in [7, 11) is 0. The lowest BCUT2D eigenvalue weighted by Gasteiger charge is -2.34. The van der Waals surface area contributed by atoms with Gasteiger partial charge in [-0.2, -0.15) is 0 Å². The summed E-state index contributed by atoms with van der Waals surface area (Å²) in [5, 5.41) is 2.90. The Bertz CT molecular complexity index is 339. The van der Waals surface area contributed by atoms with Gasteiger partial charge < -0.3 is 10.2 Å². The molecule has 19 heavy (non-hydrogen) atoms. The van der Waals surface area contributed by atoms with Crippen LogP contribution in [0.3, 0.4) is 0 Å². The molecule has 0 aromatic rings. The summed E-state index contributed by atoms with van der Waals surface area (Å²) in [4.78, 5) is 26.0. The summed E-state index contributed by atoms with van der Waals surface area (Å²) in [5.74, 6) is 0.0791. The standard InChI is InChI=1S/C15H26N2O2/c1-4-8-14(18)17-10-7-6-9-13(17)15(19)16-11-12(3)5-2/h13H,3-11H2,1-2H3,(H,16,19)/t13-/m0/s1. The van der Waals surface area contributed by atoms with Gasteiger partial charge in [-0.3, -0.25) is 9.59 Å². The first-order valence-corrected chi connectivity index (χ1v) is 7.34. The first-order chi connectivity index (χ1) is 9.10. The van der Waals surface area contributed by atoms with Crippen LogP contribution in [0.25, 0.3) is 0 Å². The third-order valence-electron chi connectivity index (χ3n) is 3.60. The van der Waals surface area contributed by atoms with Crippen LogP contribution in [0, 0.1) is 0 Å². The molecule has 0 aromatic carbocycles. The zero-order valence-corrected chi connectivity index (χ0v) is 12.2. The Hall–Kier alpha value is -1.32. The minimum Gasteiger partial charge on any atom is -0.351 e. The summed E-state index contributed by atoms with van der Waals surface area (Å²) in [6, 6.07) is -0.280. The highest BCUT2D eigenvalue weighted by Crippen LogP contribution is 2.18. The molecule has 1 saturated heterocycles. The molecule has 1 atom stereocenters. The third-order valence-corrected chi connectivity index (χ3v) is 3.60. The lowest BCUT2D eigenvalue weighted by Crippen LogP contribution is -2.52. The van der Waals surface area contributed by atoms with Crippen LogP contribution in [0.4, 0.5) is 0 Å². The van der Waals surface area contributed by atoms with Crippen LogP contribution in [0.1, 0.15) is 52.4 Å². The van der Waals surface area contributed by atoms with E-state index >= 15 is 0 Å². The molecular weight excluding hydrogens is 240 g/mol. The van der Waals surface area contributed by atoms with E-state index in [9.17, 15) is 9.59 Å². The number of carbonyl (C=O) groups is 2. The zero-order chi connectivity index (χ0) is 14.3. The van der Waals surface area contributed by atoms with Crippen molar-refractivity contribution < 1.29 is 9.59 Å². The summed E-state index contributed by atoms with van der Waals surface area (Å²) in [6.45, 7) is 9.12. The van der Waals surface area contributed by atoms with Gasteiger partial charge in [0.2, 0.25) is 11.8 Å². The SMILES string of the molecule is C=C(CC)CNC(=O)[C@@H]1CCCCN1C(=O)CCC. The van der Waals surface area contributed by atoms with E-state index in [0.29, 0.717) is 19.5 Å². The normalized spacial score (nSPS) is 19.1. The molecule has 0 aliphatic carbocycles. The van der Waals surface area contributed by atoms with E-state index in [0.717, 1.165) is 37.7 Å². The number of rotatable bonds is 6. The fourth-order valence-electron chi connectivity index (χ4n) is 2.32. The molecule has 0 unspecified atom stereocenters. The van der Waals surface area contributed by atoms with Crippen LogP contribution in [0.15, 0.2) is 12.2 Å². The Balaban J connectivity index is 2.58. The van der Waals surface area contributed by atoms with Crippen LogP contribution < -0.4 is 5.32 Å². The Kier molecular flexibility index (Phi) is 6.60. The average molecular weight is 266 g/mol. The largest absolute Gasteiger partial charge is 0.351 e. The topological polar surface area (TPSA) is 49.4 Å². The van der Waals surface area contributed by atoms with Gasteiger partial charge in [-0.05, 0) is 32.1 Å². The average Bonchev–Trinajstić information content (AvgIpc) is 2.44. The van der Waals surface area contributed by atoms with E-state index in [2.05, 4.69) is 11.9 Å². The molecule has 0 radical (unpaired) electrons. The third kappa shape index (κ3) is 4.69. The van der Waals surface area contributed by atoms with Gasteiger partial charge >= 0.3 is 0 Å². The van der Waals surface area contributed by atoms with Gasteiger partial charge in [-0.1, -0.05) is 26.0 Å². The molecule has 1 aliphatic rings. The van der Waals surface area contributed by atoms with Crippen molar-refractivity contribution in [3.05, 3.63) is 12.2 Å². The van der Waals surface area contributed by atoms with Gasteiger partial charge in [-0.15, -0.1) is 0 Å². The van der Waals surface area contributed by atoms with Gasteiger partial charge in [0.25, 0.3) is 0 Å². The first kappa shape index (κ1) is 15.7. The summed E-state index contributed by atoms with van der Waals surface area (Å²) in [6.07, 6.45) is 5.02. The molecule has 0 bridgehead atoms. The first-order valence-electron chi connectivity index (χ1n) is 7.34. The number of likely N-dealkylation sites (tertiary alicyclic amines) is 1. The molecule has 0 spiro atoms. The molecule has 1 fully saturated rings. The van der Waals surface area contributed by atoms with Gasteiger partial charge in [0.1, 0.15) is 6.04 Å². The minimum absolute atomic E-state index is 0.0289. The number of hydrogen-bond acceptors (Lipinski definition) is 2. The van der Waals surface area contributed by atoms with Crippen molar-refractivity contribution in [1.82, 2.24) is 10.2 Å². The summed E-state index contributed by atoms with van der Waals surface area (Å²) >= 11 is 0. The van der Waals surface area contributed by atoms with Crippen LogP contribution in [0.2, 0.25) is 0 Å². The molecule has 1 aliphatic heterocycles. The van der Waals surface area contributed by atoms with E-state index < -0.39 is 0 Å². The molecule has 108 valence electrons. The van der Waals surface area contributed by atoms with Gasteiger partial charge in [0.15, 0.2) is 0 Å². The molecule has 1 heterocycles. The lowest BCUT2D eigenvalue weighted by atomic mass is 10.0. The highest BCUT2D eigenvalue weighted by molar-refractivity contribution is 5.88. The highest BCUT2D eigenvalue weighted by Gasteiger charge is 2.31. The molecular formula is C15H26N2O2. The molecule has 2 amide bonds. The maximum atomic E-state index is 12.2. The zero-order valence-electron chi connectivity index (χ0n) is 12.2. The second-order valence-corrected chi connectivity index (χ2v) is 5.17. The quantitative estimate of drug-likeness (QED) is 0.750. The van der Waals surface area contributed by atoms with Gasteiger partial charge in [0, 0.05) is 19.5 Å². The van der Waals surface area contributed by atoms with Crippen LogP contribution in [-0.4, -0.2) is 35.8 Å². The van der Waals surface area contributed by atoms with Crippen molar-refractivity contribution in [2.75, 3.05) is 13.1 Å². The number of nitrogens with one attached hydrogen (secondary N) is 1. The molecule has 1 rings (SSSR count). The monoisotopic (exact) mass is 266 g/mol. The predicted molar refractivity (Wildman–Crippen MR) is 76.7 cm³/mol. The highest BCUT2D eigenvalue weighted by atomic mass is 16.2. The maximum Gasteiger partial charge on any atom is 0.243 e. The van der Waals surface area contributed by atoms with E-state index in [4.69, 9.17) is 0 Å². The van der Waals surface area contributed by atoms with Gasteiger partial charge in [0.05, 0.1) is 0 Å². The van der Waals surface area contributed by atoms with Crippen molar-refractivity contribution >= 4 is 11.8 Å². The van der Waals surface area contributed by atoms with E-state index in [1.54, 1.807) is 4.90 Å². The smallest absolute Gasteiger partial charge is 0.243 e. The van der Waals surface area contributed by atoms with Crippen LogP contribution in [-0.2, 0) is 9.59 Å². The molecule has 0 saturated carbocycles. The van der Waals surface area contributed by atoms with E-state index in [1.165, 1.54) is 0 Å². The maximum absolute atomic E-state index is 12.2. The lowest BCUT2D eigenvalue weighted by molar-refractivity contribution is -0.142. The number of hydrogen-bond donors (Lipinski definition) is 1.